The predicted octanol–water partition coefficient (Wildman–Crippen LogP) is 0.974. The number of nitrogens with two attached hydrogens (primary N) is 1. The Hall–Kier alpha value is -1.30. The van der Waals surface area contributed by atoms with Crippen LogP contribution in [-0.4, -0.2) is 43.2 Å². The van der Waals surface area contributed by atoms with Crippen LogP contribution in [0.3, 0.4) is 0 Å². The van der Waals surface area contributed by atoms with Gasteiger partial charge in [0.15, 0.2) is 0 Å². The summed E-state index contributed by atoms with van der Waals surface area (Å²) < 4.78 is 4.95. The van der Waals surface area contributed by atoms with Crippen molar-refractivity contribution in [2.75, 3.05) is 26.2 Å². The molecule has 4 N–H and O–H groups in total. The zero-order valence-corrected chi connectivity index (χ0v) is 11.2. The lowest BCUT2D eigenvalue weighted by atomic mass is 9.99. The Kier molecular flexibility index (Phi) is 5.91. The van der Waals surface area contributed by atoms with Crippen LogP contribution in [0.4, 0.5) is 4.79 Å². The zero-order chi connectivity index (χ0) is 13.5. The molecule has 1 fully saturated rings. The fourth-order valence-electron chi connectivity index (χ4n) is 1.92. The minimum Gasteiger partial charge on any atom is -0.376 e. The lowest BCUT2D eigenvalue weighted by Crippen LogP contribution is -2.44. The van der Waals surface area contributed by atoms with Crippen molar-refractivity contribution in [3.05, 3.63) is 0 Å². The molecular formula is C12H24N4O2. The second-order valence-corrected chi connectivity index (χ2v) is 5.16. The molecule has 0 aromatic rings. The summed E-state index contributed by atoms with van der Waals surface area (Å²) >= 11 is 0. The number of hydrogen-bond donors (Lipinski definition) is 3. The molecule has 1 heterocycles. The van der Waals surface area contributed by atoms with E-state index in [1.807, 2.05) is 13.8 Å². The zero-order valence-electron chi connectivity index (χ0n) is 11.2. The minimum absolute atomic E-state index is 0.0746. The first-order valence-electron chi connectivity index (χ1n) is 6.52. The molecule has 0 radical (unpaired) electrons. The standard InChI is InChI=1S/C12H24N4O2/c1-9(2)7-15-12(17)18-11(14)16-5-3-4-10(6-13)8-16/h9-10,14H,3-8,13H2,1-2H3,(H,15,17)/t10-/m0/s1. The van der Waals surface area contributed by atoms with Gasteiger partial charge in [-0.3, -0.25) is 5.41 Å². The summed E-state index contributed by atoms with van der Waals surface area (Å²) in [6.07, 6.45) is 1.52. The Morgan fingerprint density at radius 3 is 2.94 bits per heavy atom. The molecule has 1 atom stereocenters. The van der Waals surface area contributed by atoms with Crippen molar-refractivity contribution in [1.29, 1.82) is 5.41 Å². The first kappa shape index (κ1) is 14.8. The smallest absolute Gasteiger partial charge is 0.376 e. The molecule has 1 amide bonds. The average molecular weight is 256 g/mol. The third-order valence-electron chi connectivity index (χ3n) is 2.98. The lowest BCUT2D eigenvalue weighted by Gasteiger charge is -2.32. The second kappa shape index (κ2) is 7.20. The fourth-order valence-corrected chi connectivity index (χ4v) is 1.92. The number of nitrogens with zero attached hydrogens (tertiary/aromatic N) is 1. The van der Waals surface area contributed by atoms with Crippen molar-refractivity contribution < 1.29 is 9.53 Å². The third kappa shape index (κ3) is 4.91. The Morgan fingerprint density at radius 2 is 2.33 bits per heavy atom. The largest absolute Gasteiger partial charge is 0.415 e. The third-order valence-corrected chi connectivity index (χ3v) is 2.98. The van der Waals surface area contributed by atoms with Crippen LogP contribution in [0.1, 0.15) is 26.7 Å². The number of amidine groups is 1. The number of rotatable bonds is 3. The van der Waals surface area contributed by atoms with E-state index in [2.05, 4.69) is 5.32 Å². The SMILES string of the molecule is CC(C)CNC(=O)OC(=N)N1CCC[C@@H](CN)C1. The molecule has 0 spiro atoms. The number of hydrogen-bond acceptors (Lipinski definition) is 4. The average Bonchev–Trinajstić information content (AvgIpc) is 2.36. The Bertz CT molecular complexity index is 294. The van der Waals surface area contributed by atoms with Crippen LogP contribution in [-0.2, 0) is 4.74 Å². The van der Waals surface area contributed by atoms with Gasteiger partial charge in [0.25, 0.3) is 6.02 Å². The van der Waals surface area contributed by atoms with Gasteiger partial charge >= 0.3 is 6.09 Å². The van der Waals surface area contributed by atoms with Gasteiger partial charge < -0.3 is 20.7 Å². The molecular weight excluding hydrogens is 232 g/mol. The maximum atomic E-state index is 11.4. The van der Waals surface area contributed by atoms with Crippen molar-refractivity contribution in [1.82, 2.24) is 10.2 Å². The molecule has 0 aliphatic carbocycles. The van der Waals surface area contributed by atoms with E-state index in [9.17, 15) is 4.79 Å². The van der Waals surface area contributed by atoms with Crippen LogP contribution < -0.4 is 11.1 Å². The highest BCUT2D eigenvalue weighted by Gasteiger charge is 2.23. The molecule has 1 saturated heterocycles. The normalized spacial score (nSPS) is 19.8. The maximum absolute atomic E-state index is 11.4. The second-order valence-electron chi connectivity index (χ2n) is 5.16. The van der Waals surface area contributed by atoms with Gasteiger partial charge in [-0.2, -0.15) is 0 Å². The van der Waals surface area contributed by atoms with Crippen molar-refractivity contribution in [3.63, 3.8) is 0 Å². The molecule has 0 bridgehead atoms. The van der Waals surface area contributed by atoms with Gasteiger partial charge in [-0.1, -0.05) is 13.8 Å². The molecule has 0 aromatic heterocycles. The van der Waals surface area contributed by atoms with E-state index in [1.54, 1.807) is 4.90 Å². The molecule has 6 heteroatoms. The Labute approximate surface area is 108 Å². The molecule has 0 saturated carbocycles. The van der Waals surface area contributed by atoms with E-state index in [0.717, 1.165) is 19.4 Å². The van der Waals surface area contributed by atoms with Crippen LogP contribution in [0.5, 0.6) is 0 Å². The Morgan fingerprint density at radius 1 is 1.61 bits per heavy atom. The van der Waals surface area contributed by atoms with E-state index >= 15 is 0 Å². The highest BCUT2D eigenvalue weighted by Crippen LogP contribution is 2.15. The van der Waals surface area contributed by atoms with E-state index in [1.165, 1.54) is 0 Å². The molecule has 1 aliphatic heterocycles. The number of carbonyl (C=O) groups is 1. The number of nitrogens with one attached hydrogen (secondary N) is 2. The van der Waals surface area contributed by atoms with Gasteiger partial charge in [0.05, 0.1) is 0 Å². The summed E-state index contributed by atoms with van der Waals surface area (Å²) in [7, 11) is 0. The molecule has 0 aromatic carbocycles. The van der Waals surface area contributed by atoms with Crippen LogP contribution in [0.15, 0.2) is 0 Å². The first-order chi connectivity index (χ1) is 8.52. The van der Waals surface area contributed by atoms with Crippen LogP contribution in [0.2, 0.25) is 0 Å². The first-order valence-corrected chi connectivity index (χ1v) is 6.52. The molecule has 104 valence electrons. The minimum atomic E-state index is -0.552. The highest BCUT2D eigenvalue weighted by molar-refractivity contribution is 5.84. The summed E-state index contributed by atoms with van der Waals surface area (Å²) in [5.41, 5.74) is 5.63. The van der Waals surface area contributed by atoms with Gasteiger partial charge in [-0.25, -0.2) is 4.79 Å². The van der Waals surface area contributed by atoms with Crippen LogP contribution in [0.25, 0.3) is 0 Å². The summed E-state index contributed by atoms with van der Waals surface area (Å²) in [4.78, 5) is 13.2. The highest BCUT2D eigenvalue weighted by atomic mass is 16.6. The van der Waals surface area contributed by atoms with Crippen LogP contribution in [0, 0.1) is 17.2 Å². The number of ether oxygens (including phenoxy) is 1. The van der Waals surface area contributed by atoms with E-state index in [4.69, 9.17) is 15.9 Å². The lowest BCUT2D eigenvalue weighted by molar-refractivity contribution is 0.169. The van der Waals surface area contributed by atoms with Crippen molar-refractivity contribution in [3.8, 4) is 0 Å². The van der Waals surface area contributed by atoms with Crippen molar-refractivity contribution >= 4 is 12.1 Å². The summed E-state index contributed by atoms with van der Waals surface area (Å²) in [5, 5.41) is 10.4. The van der Waals surface area contributed by atoms with Gasteiger partial charge in [0.1, 0.15) is 0 Å². The van der Waals surface area contributed by atoms with Gasteiger partial charge in [0.2, 0.25) is 0 Å². The molecule has 6 nitrogen and oxygen atoms in total. The number of amides is 1. The number of likely N-dealkylation sites (tertiary alicyclic amines) is 1. The summed E-state index contributed by atoms with van der Waals surface area (Å²) in [6.45, 7) is 6.63. The van der Waals surface area contributed by atoms with Gasteiger partial charge in [0, 0.05) is 19.6 Å². The monoisotopic (exact) mass is 256 g/mol. The number of piperidine rings is 1. The van der Waals surface area contributed by atoms with E-state index in [0.29, 0.717) is 31.5 Å². The van der Waals surface area contributed by atoms with Gasteiger partial charge in [-0.15, -0.1) is 0 Å². The maximum Gasteiger partial charge on any atom is 0.415 e. The predicted molar refractivity (Wildman–Crippen MR) is 70.4 cm³/mol. The van der Waals surface area contributed by atoms with E-state index in [-0.39, 0.29) is 6.02 Å². The van der Waals surface area contributed by atoms with E-state index < -0.39 is 6.09 Å². The fraction of sp³-hybridized carbons (Fsp3) is 0.833. The molecule has 0 unspecified atom stereocenters. The Balaban J connectivity index is 2.33. The summed E-state index contributed by atoms with van der Waals surface area (Å²) in [5.74, 6) is 0.754. The van der Waals surface area contributed by atoms with Crippen molar-refractivity contribution in [2.45, 2.75) is 26.7 Å². The molecule has 1 rings (SSSR count). The number of alkyl carbamates (subject to hydrolysis) is 1. The number of carbonyl (C=O) groups excluding carboxylic acids is 1. The topological polar surface area (TPSA) is 91.4 Å². The molecule has 1 aliphatic rings. The van der Waals surface area contributed by atoms with Gasteiger partial charge in [-0.05, 0) is 31.2 Å². The quantitative estimate of drug-likeness (QED) is 0.518. The molecule has 18 heavy (non-hydrogen) atoms. The van der Waals surface area contributed by atoms with Crippen molar-refractivity contribution in [2.24, 2.45) is 17.6 Å². The summed E-state index contributed by atoms with van der Waals surface area (Å²) in [6, 6.07) is -0.0746. The van der Waals surface area contributed by atoms with Crippen LogP contribution >= 0.6 is 0 Å².